The Balaban J connectivity index is 2.32. The van der Waals surface area contributed by atoms with Gasteiger partial charge in [0.15, 0.2) is 0 Å². The molecule has 0 fully saturated rings. The van der Waals surface area contributed by atoms with Crippen molar-refractivity contribution in [2.75, 3.05) is 20.1 Å². The summed E-state index contributed by atoms with van der Waals surface area (Å²) in [6.45, 7) is 4.23. The van der Waals surface area contributed by atoms with Crippen LogP contribution in [0.3, 0.4) is 0 Å². The molecular formula is C12H20F3N3S. The highest BCUT2D eigenvalue weighted by Crippen LogP contribution is 2.20. The van der Waals surface area contributed by atoms with E-state index in [0.29, 0.717) is 6.54 Å². The van der Waals surface area contributed by atoms with Crippen molar-refractivity contribution < 1.29 is 13.2 Å². The Morgan fingerprint density at radius 2 is 2.16 bits per heavy atom. The van der Waals surface area contributed by atoms with Crippen LogP contribution in [0.1, 0.15) is 30.5 Å². The van der Waals surface area contributed by atoms with Gasteiger partial charge in [-0.05, 0) is 20.0 Å². The predicted molar refractivity (Wildman–Crippen MR) is 71.1 cm³/mol. The van der Waals surface area contributed by atoms with E-state index in [9.17, 15) is 13.2 Å². The molecule has 1 aromatic rings. The highest BCUT2D eigenvalue weighted by molar-refractivity contribution is 7.09. The Morgan fingerprint density at radius 1 is 1.42 bits per heavy atom. The molecule has 0 aromatic carbocycles. The Labute approximate surface area is 115 Å². The minimum Gasteiger partial charge on any atom is -0.310 e. The summed E-state index contributed by atoms with van der Waals surface area (Å²) in [4.78, 5) is 6.04. The SMILES string of the molecule is CCCNCc1nc(CN(C)CCC(F)(F)F)cs1. The summed E-state index contributed by atoms with van der Waals surface area (Å²) in [5.74, 6) is 0. The van der Waals surface area contributed by atoms with Crippen LogP contribution in [0.25, 0.3) is 0 Å². The van der Waals surface area contributed by atoms with Gasteiger partial charge in [-0.1, -0.05) is 6.92 Å². The topological polar surface area (TPSA) is 28.2 Å². The quantitative estimate of drug-likeness (QED) is 0.747. The molecule has 0 bridgehead atoms. The first-order chi connectivity index (χ1) is 8.90. The third-order valence-electron chi connectivity index (χ3n) is 2.51. The molecule has 0 amide bonds. The molecule has 0 saturated carbocycles. The maximum absolute atomic E-state index is 12.1. The van der Waals surface area contributed by atoms with Crippen molar-refractivity contribution in [1.29, 1.82) is 0 Å². The summed E-state index contributed by atoms with van der Waals surface area (Å²) < 4.78 is 36.2. The minimum atomic E-state index is -4.09. The number of aromatic nitrogens is 1. The zero-order valence-electron chi connectivity index (χ0n) is 11.3. The molecular weight excluding hydrogens is 275 g/mol. The number of nitrogens with one attached hydrogen (secondary N) is 1. The maximum atomic E-state index is 12.1. The largest absolute Gasteiger partial charge is 0.390 e. The summed E-state index contributed by atoms with van der Waals surface area (Å²) >= 11 is 1.54. The number of thiazole rings is 1. The number of alkyl halides is 3. The Bertz CT molecular complexity index is 365. The monoisotopic (exact) mass is 295 g/mol. The van der Waals surface area contributed by atoms with E-state index in [1.165, 1.54) is 0 Å². The van der Waals surface area contributed by atoms with Crippen LogP contribution in [0, 0.1) is 0 Å². The van der Waals surface area contributed by atoms with Crippen LogP contribution < -0.4 is 5.32 Å². The van der Waals surface area contributed by atoms with Gasteiger partial charge in [-0.15, -0.1) is 11.3 Å². The van der Waals surface area contributed by atoms with Crippen LogP contribution in [-0.2, 0) is 13.1 Å². The van der Waals surface area contributed by atoms with E-state index >= 15 is 0 Å². The molecule has 0 spiro atoms. The van der Waals surface area contributed by atoms with Gasteiger partial charge >= 0.3 is 6.18 Å². The van der Waals surface area contributed by atoms with Gasteiger partial charge in [-0.25, -0.2) is 4.98 Å². The van der Waals surface area contributed by atoms with Gasteiger partial charge in [0.1, 0.15) is 5.01 Å². The number of rotatable bonds is 8. The number of halogens is 3. The smallest absolute Gasteiger partial charge is 0.310 e. The van der Waals surface area contributed by atoms with Crippen LogP contribution >= 0.6 is 11.3 Å². The highest BCUT2D eigenvalue weighted by atomic mass is 32.1. The van der Waals surface area contributed by atoms with E-state index < -0.39 is 12.6 Å². The fraction of sp³-hybridized carbons (Fsp3) is 0.750. The van der Waals surface area contributed by atoms with Crippen LogP contribution in [0.15, 0.2) is 5.38 Å². The van der Waals surface area contributed by atoms with E-state index in [-0.39, 0.29) is 6.54 Å². The van der Waals surface area contributed by atoms with E-state index in [1.807, 2.05) is 5.38 Å². The summed E-state index contributed by atoms with van der Waals surface area (Å²) in [7, 11) is 1.68. The zero-order valence-corrected chi connectivity index (χ0v) is 12.1. The molecule has 0 atom stereocenters. The lowest BCUT2D eigenvalue weighted by molar-refractivity contribution is -0.137. The van der Waals surface area contributed by atoms with Crippen LogP contribution in [0.5, 0.6) is 0 Å². The van der Waals surface area contributed by atoms with Crippen molar-refractivity contribution in [2.45, 2.75) is 39.0 Å². The molecule has 3 nitrogen and oxygen atoms in total. The Morgan fingerprint density at radius 3 is 2.79 bits per heavy atom. The lowest BCUT2D eigenvalue weighted by Crippen LogP contribution is -2.24. The van der Waals surface area contributed by atoms with E-state index in [4.69, 9.17) is 0 Å². The van der Waals surface area contributed by atoms with Gasteiger partial charge in [0.05, 0.1) is 12.1 Å². The average molecular weight is 295 g/mol. The van der Waals surface area contributed by atoms with E-state index in [0.717, 1.165) is 30.2 Å². The van der Waals surface area contributed by atoms with Gasteiger partial charge in [0, 0.05) is 25.0 Å². The molecule has 0 aliphatic carbocycles. The van der Waals surface area contributed by atoms with E-state index in [1.54, 1.807) is 23.3 Å². The lowest BCUT2D eigenvalue weighted by atomic mass is 10.3. The van der Waals surface area contributed by atoms with Gasteiger partial charge in [-0.2, -0.15) is 13.2 Å². The van der Waals surface area contributed by atoms with Crippen molar-refractivity contribution >= 4 is 11.3 Å². The van der Waals surface area contributed by atoms with Crippen molar-refractivity contribution in [1.82, 2.24) is 15.2 Å². The summed E-state index contributed by atoms with van der Waals surface area (Å²) in [5, 5.41) is 6.14. The first-order valence-corrected chi connectivity index (χ1v) is 7.18. The van der Waals surface area contributed by atoms with Crippen molar-refractivity contribution in [3.05, 3.63) is 16.1 Å². The molecule has 1 N–H and O–H groups in total. The lowest BCUT2D eigenvalue weighted by Gasteiger charge is -2.16. The molecule has 1 rings (SSSR count). The first kappa shape index (κ1) is 16.4. The molecule has 0 aliphatic rings. The van der Waals surface area contributed by atoms with Gasteiger partial charge in [0.25, 0.3) is 0 Å². The average Bonchev–Trinajstić information content (AvgIpc) is 2.74. The molecule has 19 heavy (non-hydrogen) atoms. The Kier molecular flexibility index (Phi) is 6.74. The van der Waals surface area contributed by atoms with Crippen molar-refractivity contribution in [3.8, 4) is 0 Å². The van der Waals surface area contributed by atoms with Gasteiger partial charge in [-0.3, -0.25) is 0 Å². The normalized spacial score (nSPS) is 12.3. The fourth-order valence-electron chi connectivity index (χ4n) is 1.55. The number of hydrogen-bond donors (Lipinski definition) is 1. The number of nitrogens with zero attached hydrogens (tertiary/aromatic N) is 2. The van der Waals surface area contributed by atoms with Gasteiger partial charge < -0.3 is 10.2 Å². The van der Waals surface area contributed by atoms with Crippen molar-refractivity contribution in [3.63, 3.8) is 0 Å². The second-order valence-corrected chi connectivity index (χ2v) is 5.45. The van der Waals surface area contributed by atoms with Crippen molar-refractivity contribution in [2.24, 2.45) is 0 Å². The zero-order chi connectivity index (χ0) is 14.3. The summed E-state index contributed by atoms with van der Waals surface area (Å²) in [5.41, 5.74) is 0.836. The first-order valence-electron chi connectivity index (χ1n) is 6.30. The maximum Gasteiger partial charge on any atom is 0.390 e. The fourth-order valence-corrected chi connectivity index (χ4v) is 2.30. The Hall–Kier alpha value is -0.660. The second kappa shape index (κ2) is 7.81. The van der Waals surface area contributed by atoms with Crippen LogP contribution in [-0.4, -0.2) is 36.2 Å². The van der Waals surface area contributed by atoms with Crippen LogP contribution in [0.4, 0.5) is 13.2 Å². The molecule has 0 saturated heterocycles. The second-order valence-electron chi connectivity index (χ2n) is 4.51. The molecule has 1 aromatic heterocycles. The third kappa shape index (κ3) is 7.49. The molecule has 7 heteroatoms. The van der Waals surface area contributed by atoms with E-state index in [2.05, 4.69) is 17.2 Å². The number of hydrogen-bond acceptors (Lipinski definition) is 4. The predicted octanol–water partition coefficient (Wildman–Crippen LogP) is 3.03. The third-order valence-corrected chi connectivity index (χ3v) is 3.41. The summed E-state index contributed by atoms with van der Waals surface area (Å²) in [6, 6.07) is 0. The molecule has 0 aliphatic heterocycles. The van der Waals surface area contributed by atoms with Gasteiger partial charge in [0.2, 0.25) is 0 Å². The van der Waals surface area contributed by atoms with Crippen LogP contribution in [0.2, 0.25) is 0 Å². The molecule has 1 heterocycles. The summed E-state index contributed by atoms with van der Waals surface area (Å²) in [6.07, 6.45) is -3.80. The highest BCUT2D eigenvalue weighted by Gasteiger charge is 2.27. The molecule has 0 unspecified atom stereocenters. The molecule has 110 valence electrons. The minimum absolute atomic E-state index is 0.00441. The molecule has 0 radical (unpaired) electrons. The standard InChI is InChI=1S/C12H20F3N3S/c1-3-5-16-7-11-17-10(9-19-11)8-18(2)6-4-12(13,14)15/h9,16H,3-8H2,1-2H3.